The van der Waals surface area contributed by atoms with Crippen molar-refractivity contribution < 1.29 is 36.3 Å². The summed E-state index contributed by atoms with van der Waals surface area (Å²) in [5.74, 6) is -1.52. The van der Waals surface area contributed by atoms with Crippen molar-refractivity contribution in [3.05, 3.63) is 35.9 Å². The Morgan fingerprint density at radius 3 is 2.54 bits per heavy atom. The van der Waals surface area contributed by atoms with Crippen LogP contribution in [0.1, 0.15) is 5.56 Å². The van der Waals surface area contributed by atoms with Gasteiger partial charge in [-0.2, -0.15) is 8.42 Å². The van der Waals surface area contributed by atoms with E-state index in [9.17, 15) is 13.2 Å². The second-order valence-electron chi connectivity index (χ2n) is 6.88. The molecular formula is C18H25NO8S. The fourth-order valence-electron chi connectivity index (χ4n) is 3.71. The van der Waals surface area contributed by atoms with Gasteiger partial charge in [0.15, 0.2) is 0 Å². The van der Waals surface area contributed by atoms with Crippen LogP contribution in [0.4, 0.5) is 4.79 Å². The number of carbonyl (C=O) groups is 1. The number of carbonyl (C=O) groups excluding carboxylic acids is 1. The predicted molar refractivity (Wildman–Crippen MR) is 97.9 cm³/mol. The largest absolute Gasteiger partial charge is 0.445 e. The molecule has 0 radical (unpaired) electrons. The molecule has 3 rings (SSSR count). The SMILES string of the molecule is COC1(OC)COC2[C@H](COS(C)(=O)=O)CN(C(=O)OCc3ccccc3)[C@@H]21. The Hall–Kier alpha value is -1.72. The average molecular weight is 415 g/mol. The number of methoxy groups -OCH3 is 2. The lowest BCUT2D eigenvalue weighted by Gasteiger charge is -2.35. The van der Waals surface area contributed by atoms with Gasteiger partial charge in [-0.05, 0) is 5.56 Å². The van der Waals surface area contributed by atoms with Crippen LogP contribution in [0.5, 0.6) is 0 Å². The van der Waals surface area contributed by atoms with Crippen molar-refractivity contribution in [2.75, 3.05) is 40.2 Å². The van der Waals surface area contributed by atoms with Crippen LogP contribution in [-0.4, -0.2) is 77.6 Å². The van der Waals surface area contributed by atoms with Gasteiger partial charge in [0, 0.05) is 26.7 Å². The van der Waals surface area contributed by atoms with Crippen molar-refractivity contribution in [2.45, 2.75) is 24.5 Å². The molecular weight excluding hydrogens is 390 g/mol. The summed E-state index contributed by atoms with van der Waals surface area (Å²) in [6, 6.07) is 8.73. The molecule has 28 heavy (non-hydrogen) atoms. The molecule has 2 heterocycles. The molecule has 2 saturated heterocycles. The topological polar surface area (TPSA) is 101 Å². The molecule has 1 unspecified atom stereocenters. The molecule has 156 valence electrons. The molecule has 0 N–H and O–H groups in total. The summed E-state index contributed by atoms with van der Waals surface area (Å²) < 4.78 is 50.1. The summed E-state index contributed by atoms with van der Waals surface area (Å²) in [5, 5.41) is 0. The van der Waals surface area contributed by atoms with Crippen LogP contribution in [0.25, 0.3) is 0 Å². The number of benzene rings is 1. The van der Waals surface area contributed by atoms with E-state index in [4.69, 9.17) is 23.1 Å². The standard InChI is InChI=1S/C18H25NO8S/c1-23-18(24-2)12-26-15-14(11-27-28(3,21)22)9-19(16(15)18)17(20)25-10-13-7-5-4-6-8-13/h4-8,14-16H,9-12H2,1-3H3/t14-,15?,16-/m0/s1. The summed E-state index contributed by atoms with van der Waals surface area (Å²) in [7, 11) is -0.666. The van der Waals surface area contributed by atoms with Crippen molar-refractivity contribution in [1.82, 2.24) is 4.90 Å². The van der Waals surface area contributed by atoms with E-state index < -0.39 is 34.1 Å². The molecule has 3 atom stereocenters. The lowest BCUT2D eigenvalue weighted by Crippen LogP contribution is -2.55. The smallest absolute Gasteiger partial charge is 0.410 e. The molecule has 10 heteroatoms. The van der Waals surface area contributed by atoms with Gasteiger partial charge in [0.25, 0.3) is 10.1 Å². The molecule has 2 aliphatic heterocycles. The fraction of sp³-hybridized carbons (Fsp3) is 0.611. The Bertz CT molecular complexity index is 780. The van der Waals surface area contributed by atoms with Crippen LogP contribution >= 0.6 is 0 Å². The molecule has 1 amide bonds. The minimum atomic E-state index is -3.62. The maximum absolute atomic E-state index is 12.8. The molecule has 2 aliphatic rings. The zero-order valence-electron chi connectivity index (χ0n) is 16.1. The van der Waals surface area contributed by atoms with Crippen molar-refractivity contribution in [1.29, 1.82) is 0 Å². The highest BCUT2D eigenvalue weighted by atomic mass is 32.2. The minimum Gasteiger partial charge on any atom is -0.445 e. The number of likely N-dealkylation sites (tertiary alicyclic amines) is 1. The highest BCUT2D eigenvalue weighted by Crippen LogP contribution is 2.42. The summed E-state index contributed by atoms with van der Waals surface area (Å²) in [5.41, 5.74) is 0.857. The normalized spacial score (nSPS) is 26.2. The van der Waals surface area contributed by atoms with Gasteiger partial charge < -0.3 is 18.9 Å². The third kappa shape index (κ3) is 4.31. The first-order valence-corrected chi connectivity index (χ1v) is 10.6. The van der Waals surface area contributed by atoms with E-state index in [0.717, 1.165) is 11.8 Å². The molecule has 2 fully saturated rings. The molecule has 1 aromatic carbocycles. The quantitative estimate of drug-likeness (QED) is 0.480. The lowest BCUT2D eigenvalue weighted by atomic mass is 9.99. The van der Waals surface area contributed by atoms with Crippen LogP contribution in [0.2, 0.25) is 0 Å². The van der Waals surface area contributed by atoms with E-state index in [1.807, 2.05) is 30.3 Å². The lowest BCUT2D eigenvalue weighted by molar-refractivity contribution is -0.224. The number of ether oxygens (including phenoxy) is 4. The van der Waals surface area contributed by atoms with Gasteiger partial charge in [-0.15, -0.1) is 0 Å². The molecule has 0 aliphatic carbocycles. The Labute approximate surface area is 164 Å². The van der Waals surface area contributed by atoms with Crippen molar-refractivity contribution in [2.24, 2.45) is 5.92 Å². The number of fused-ring (bicyclic) bond motifs is 1. The van der Waals surface area contributed by atoms with Crippen molar-refractivity contribution >= 4 is 16.2 Å². The van der Waals surface area contributed by atoms with Gasteiger partial charge >= 0.3 is 6.09 Å². The Balaban J connectivity index is 1.76. The average Bonchev–Trinajstić information content (AvgIpc) is 3.23. The maximum atomic E-state index is 12.8. The number of nitrogens with zero attached hydrogens (tertiary/aromatic N) is 1. The summed E-state index contributed by atoms with van der Waals surface area (Å²) in [6.07, 6.45) is -0.0641. The van der Waals surface area contributed by atoms with E-state index in [2.05, 4.69) is 0 Å². The molecule has 0 spiro atoms. The van der Waals surface area contributed by atoms with Crippen LogP contribution in [0, 0.1) is 5.92 Å². The van der Waals surface area contributed by atoms with E-state index in [-0.39, 0.29) is 32.3 Å². The van der Waals surface area contributed by atoms with Crippen LogP contribution in [0.3, 0.4) is 0 Å². The van der Waals surface area contributed by atoms with E-state index >= 15 is 0 Å². The van der Waals surface area contributed by atoms with Gasteiger partial charge in [0.1, 0.15) is 19.3 Å². The third-order valence-corrected chi connectivity index (χ3v) is 5.66. The molecule has 0 aromatic heterocycles. The fourth-order valence-corrected chi connectivity index (χ4v) is 4.13. The maximum Gasteiger partial charge on any atom is 0.410 e. The Kier molecular flexibility index (Phi) is 6.25. The van der Waals surface area contributed by atoms with Crippen LogP contribution in [-0.2, 0) is 39.9 Å². The van der Waals surface area contributed by atoms with Crippen LogP contribution < -0.4 is 0 Å². The number of hydrogen-bond donors (Lipinski definition) is 0. The van der Waals surface area contributed by atoms with Gasteiger partial charge in [0.2, 0.25) is 5.79 Å². The first-order valence-electron chi connectivity index (χ1n) is 8.83. The summed E-state index contributed by atoms with van der Waals surface area (Å²) in [6.45, 7) is 0.317. The zero-order valence-corrected chi connectivity index (χ0v) is 16.9. The molecule has 1 aromatic rings. The second-order valence-corrected chi connectivity index (χ2v) is 8.53. The van der Waals surface area contributed by atoms with E-state index in [0.29, 0.717) is 0 Å². The molecule has 0 bridgehead atoms. The monoisotopic (exact) mass is 415 g/mol. The van der Waals surface area contributed by atoms with E-state index in [1.165, 1.54) is 19.1 Å². The number of rotatable bonds is 7. The number of hydrogen-bond acceptors (Lipinski definition) is 8. The summed E-state index contributed by atoms with van der Waals surface area (Å²) >= 11 is 0. The van der Waals surface area contributed by atoms with Gasteiger partial charge in [-0.3, -0.25) is 9.08 Å². The minimum absolute atomic E-state index is 0.104. The Morgan fingerprint density at radius 2 is 1.93 bits per heavy atom. The van der Waals surface area contributed by atoms with E-state index in [1.54, 1.807) is 0 Å². The van der Waals surface area contributed by atoms with Crippen molar-refractivity contribution in [3.63, 3.8) is 0 Å². The van der Waals surface area contributed by atoms with Gasteiger partial charge in [-0.1, -0.05) is 30.3 Å². The van der Waals surface area contributed by atoms with Gasteiger partial charge in [0.05, 0.1) is 19.0 Å². The first kappa shape index (κ1) is 21.0. The zero-order chi connectivity index (χ0) is 20.4. The second kappa shape index (κ2) is 8.34. The molecule has 9 nitrogen and oxygen atoms in total. The highest BCUT2D eigenvalue weighted by Gasteiger charge is 2.62. The third-order valence-electron chi connectivity index (χ3n) is 5.10. The highest BCUT2D eigenvalue weighted by molar-refractivity contribution is 7.85. The summed E-state index contributed by atoms with van der Waals surface area (Å²) in [4.78, 5) is 14.3. The predicted octanol–water partition coefficient (Wildman–Crippen LogP) is 0.988. The first-order chi connectivity index (χ1) is 13.3. The van der Waals surface area contributed by atoms with Crippen LogP contribution in [0.15, 0.2) is 30.3 Å². The molecule has 0 saturated carbocycles. The van der Waals surface area contributed by atoms with Gasteiger partial charge in [-0.25, -0.2) is 4.79 Å². The number of amides is 1. The van der Waals surface area contributed by atoms with Crippen molar-refractivity contribution in [3.8, 4) is 0 Å². The Morgan fingerprint density at radius 1 is 1.25 bits per heavy atom.